The summed E-state index contributed by atoms with van der Waals surface area (Å²) in [6, 6.07) is 6.82. The van der Waals surface area contributed by atoms with Crippen molar-refractivity contribution in [3.05, 3.63) is 29.8 Å². The maximum Gasteiger partial charge on any atom is 0.504 e. The number of hydrogen-bond acceptors (Lipinski definition) is 4. The fraction of sp³-hybridized carbons (Fsp3) is 0.364. The van der Waals surface area contributed by atoms with Gasteiger partial charge >= 0.3 is 13.7 Å². The molecule has 0 saturated heterocycles. The van der Waals surface area contributed by atoms with Crippen LogP contribution in [0.3, 0.4) is 0 Å². The Hall–Kier alpha value is -1.53. The average Bonchev–Trinajstić information content (AvgIpc) is 2.31. The van der Waals surface area contributed by atoms with Gasteiger partial charge in [0.2, 0.25) is 0 Å². The molecule has 0 aliphatic carbocycles. The third-order valence-electron chi connectivity index (χ3n) is 2.73. The SMILES string of the molecule is CC[C@@](N)(Cc1ccc(OBO)cc1)C(=O)O. The highest BCUT2D eigenvalue weighted by Gasteiger charge is 2.31. The molecule has 0 heterocycles. The first-order chi connectivity index (χ1) is 8.01. The molecule has 0 aromatic heterocycles. The molecule has 1 rings (SSSR count). The van der Waals surface area contributed by atoms with Crippen LogP contribution in [0, 0.1) is 0 Å². The van der Waals surface area contributed by atoms with E-state index < -0.39 is 11.5 Å². The quantitative estimate of drug-likeness (QED) is 0.608. The third-order valence-corrected chi connectivity index (χ3v) is 2.73. The van der Waals surface area contributed by atoms with Crippen molar-refractivity contribution < 1.29 is 19.6 Å². The van der Waals surface area contributed by atoms with Gasteiger partial charge in [-0.2, -0.15) is 0 Å². The van der Waals surface area contributed by atoms with Crippen LogP contribution < -0.4 is 10.4 Å². The molecule has 0 fully saturated rings. The van der Waals surface area contributed by atoms with E-state index in [2.05, 4.69) is 0 Å². The van der Waals surface area contributed by atoms with Crippen molar-refractivity contribution in [2.24, 2.45) is 5.73 Å². The van der Waals surface area contributed by atoms with E-state index >= 15 is 0 Å². The van der Waals surface area contributed by atoms with Crippen LogP contribution in [0.4, 0.5) is 0 Å². The predicted octanol–water partition coefficient (Wildman–Crippen LogP) is 0.0588. The van der Waals surface area contributed by atoms with Crippen LogP contribution in [-0.4, -0.2) is 29.3 Å². The maximum atomic E-state index is 11.0. The lowest BCUT2D eigenvalue weighted by Gasteiger charge is -2.22. The third kappa shape index (κ3) is 3.47. The fourth-order valence-corrected chi connectivity index (χ4v) is 1.49. The van der Waals surface area contributed by atoms with Gasteiger partial charge in [0, 0.05) is 6.42 Å². The summed E-state index contributed by atoms with van der Waals surface area (Å²) in [5.74, 6) is -0.471. The molecule has 0 aliphatic rings. The minimum absolute atomic E-state index is 0.262. The summed E-state index contributed by atoms with van der Waals surface area (Å²) in [7, 11) is -0.385. The van der Waals surface area contributed by atoms with Crippen molar-refractivity contribution >= 4 is 13.7 Å². The Labute approximate surface area is 101 Å². The molecule has 4 N–H and O–H groups in total. The van der Waals surface area contributed by atoms with Gasteiger partial charge in [-0.3, -0.25) is 4.79 Å². The monoisotopic (exact) mass is 237 g/mol. The number of benzene rings is 1. The molecule has 1 atom stereocenters. The summed E-state index contributed by atoms with van der Waals surface area (Å²) >= 11 is 0. The molecule has 92 valence electrons. The van der Waals surface area contributed by atoms with Crippen LogP contribution in [0.1, 0.15) is 18.9 Å². The summed E-state index contributed by atoms with van der Waals surface area (Å²) in [5.41, 5.74) is 5.38. The maximum absolute atomic E-state index is 11.0. The number of rotatable bonds is 6. The lowest BCUT2D eigenvalue weighted by atomic mass is 9.89. The van der Waals surface area contributed by atoms with Gasteiger partial charge in [-0.25, -0.2) is 0 Å². The smallest absolute Gasteiger partial charge is 0.504 e. The van der Waals surface area contributed by atoms with Crippen LogP contribution >= 0.6 is 0 Å². The first-order valence-corrected chi connectivity index (χ1v) is 5.36. The van der Waals surface area contributed by atoms with Gasteiger partial charge in [-0.05, 0) is 24.1 Å². The Morgan fingerprint density at radius 3 is 2.47 bits per heavy atom. The molecule has 0 aliphatic heterocycles. The topological polar surface area (TPSA) is 92.8 Å². The van der Waals surface area contributed by atoms with Gasteiger partial charge in [0.15, 0.2) is 0 Å². The van der Waals surface area contributed by atoms with Crippen LogP contribution in [0.2, 0.25) is 0 Å². The number of carboxylic acid groups (broad SMARTS) is 1. The Morgan fingerprint density at radius 2 is 2.06 bits per heavy atom. The molecule has 0 bridgehead atoms. The fourth-order valence-electron chi connectivity index (χ4n) is 1.49. The van der Waals surface area contributed by atoms with Crippen molar-refractivity contribution in [3.63, 3.8) is 0 Å². The number of aliphatic carboxylic acids is 1. The lowest BCUT2D eigenvalue weighted by Crippen LogP contribution is -2.49. The van der Waals surface area contributed by atoms with Crippen molar-refractivity contribution in [2.45, 2.75) is 25.3 Å². The normalized spacial score (nSPS) is 13.8. The van der Waals surface area contributed by atoms with E-state index in [1.165, 1.54) is 0 Å². The summed E-state index contributed by atoms with van der Waals surface area (Å²) in [5, 5.41) is 17.6. The minimum Gasteiger partial charge on any atom is -0.539 e. The molecule has 6 heteroatoms. The Bertz CT molecular complexity index is 382. The minimum atomic E-state index is -1.24. The van der Waals surface area contributed by atoms with Gasteiger partial charge in [-0.1, -0.05) is 19.1 Å². The Kier molecular flexibility index (Phi) is 4.54. The van der Waals surface area contributed by atoms with Crippen LogP contribution in [-0.2, 0) is 11.2 Å². The molecule has 0 amide bonds. The molecule has 5 nitrogen and oxygen atoms in total. The van der Waals surface area contributed by atoms with Gasteiger partial charge in [0.1, 0.15) is 11.3 Å². The molecule has 0 spiro atoms. The lowest BCUT2D eigenvalue weighted by molar-refractivity contribution is -0.143. The van der Waals surface area contributed by atoms with Crippen molar-refractivity contribution in [1.29, 1.82) is 0 Å². The summed E-state index contributed by atoms with van der Waals surface area (Å²) in [6.45, 7) is 1.75. The number of nitrogens with two attached hydrogens (primary N) is 1. The predicted molar refractivity (Wildman–Crippen MR) is 65.0 cm³/mol. The number of carbonyl (C=O) groups is 1. The molecular formula is C11H16BNO4. The van der Waals surface area contributed by atoms with Crippen molar-refractivity contribution in [1.82, 2.24) is 0 Å². The van der Waals surface area contributed by atoms with Crippen molar-refractivity contribution in [3.8, 4) is 5.75 Å². The van der Waals surface area contributed by atoms with E-state index in [0.717, 1.165) is 5.56 Å². The van der Waals surface area contributed by atoms with Gasteiger partial charge in [0.25, 0.3) is 0 Å². The van der Waals surface area contributed by atoms with Crippen molar-refractivity contribution in [2.75, 3.05) is 0 Å². The largest absolute Gasteiger partial charge is 0.539 e. The van der Waals surface area contributed by atoms with Gasteiger partial charge < -0.3 is 20.5 Å². The second-order valence-electron chi connectivity index (χ2n) is 3.91. The molecule has 17 heavy (non-hydrogen) atoms. The van der Waals surface area contributed by atoms with Crippen LogP contribution in [0.25, 0.3) is 0 Å². The molecular weight excluding hydrogens is 221 g/mol. The number of carboxylic acids is 1. The number of hydrogen-bond donors (Lipinski definition) is 3. The molecule has 1 aromatic carbocycles. The zero-order chi connectivity index (χ0) is 12.9. The molecule has 0 saturated carbocycles. The van der Waals surface area contributed by atoms with E-state index in [4.69, 9.17) is 20.5 Å². The second kappa shape index (κ2) is 5.70. The van der Waals surface area contributed by atoms with E-state index in [9.17, 15) is 4.79 Å². The summed E-state index contributed by atoms with van der Waals surface area (Å²) < 4.78 is 4.87. The van der Waals surface area contributed by atoms with E-state index in [0.29, 0.717) is 12.2 Å². The zero-order valence-corrected chi connectivity index (χ0v) is 9.72. The van der Waals surface area contributed by atoms with Gasteiger partial charge in [-0.15, -0.1) is 0 Å². The second-order valence-corrected chi connectivity index (χ2v) is 3.91. The summed E-state index contributed by atoms with van der Waals surface area (Å²) in [4.78, 5) is 11.0. The van der Waals surface area contributed by atoms with Gasteiger partial charge in [0.05, 0.1) is 0 Å². The van der Waals surface area contributed by atoms with Crippen LogP contribution in [0.15, 0.2) is 24.3 Å². The molecule has 0 radical (unpaired) electrons. The van der Waals surface area contributed by atoms with Crippen LogP contribution in [0.5, 0.6) is 5.75 Å². The Balaban J connectivity index is 2.77. The first-order valence-electron chi connectivity index (χ1n) is 5.36. The first kappa shape index (κ1) is 13.5. The summed E-state index contributed by atoms with van der Waals surface area (Å²) in [6.07, 6.45) is 0.620. The van der Waals surface area contributed by atoms with E-state index in [1.54, 1.807) is 31.2 Å². The highest BCUT2D eigenvalue weighted by molar-refractivity contribution is 6.17. The molecule has 1 aromatic rings. The zero-order valence-electron chi connectivity index (χ0n) is 9.72. The highest BCUT2D eigenvalue weighted by Crippen LogP contribution is 2.18. The molecule has 0 unspecified atom stereocenters. The standard InChI is InChI=1S/C11H16BNO4/c1-2-11(13,10(14)15)7-8-3-5-9(6-4-8)17-12-16/h3-6,12,16H,2,7,13H2,1H3,(H,14,15)/t11-/m1/s1. The highest BCUT2D eigenvalue weighted by atomic mass is 16.5. The van der Waals surface area contributed by atoms with E-state index in [1.807, 2.05) is 0 Å². The average molecular weight is 237 g/mol. The van der Waals surface area contributed by atoms with E-state index in [-0.39, 0.29) is 14.1 Å². The Morgan fingerprint density at radius 1 is 1.47 bits per heavy atom.